The van der Waals surface area contributed by atoms with Crippen LogP contribution in [0.2, 0.25) is 0 Å². The number of benzene rings is 1. The van der Waals surface area contributed by atoms with Gasteiger partial charge < -0.3 is 10.1 Å². The van der Waals surface area contributed by atoms with Crippen molar-refractivity contribution in [2.45, 2.75) is 30.0 Å². The minimum absolute atomic E-state index is 0.432. The fourth-order valence-electron chi connectivity index (χ4n) is 2.28. The van der Waals surface area contributed by atoms with E-state index in [-0.39, 0.29) is 0 Å². The highest BCUT2D eigenvalue weighted by molar-refractivity contribution is 8.00. The zero-order valence-electron chi connectivity index (χ0n) is 10.3. The number of fused-ring (bicyclic) bond motifs is 1. The summed E-state index contributed by atoms with van der Waals surface area (Å²) in [6, 6.07) is 6.81. The zero-order chi connectivity index (χ0) is 11.7. The van der Waals surface area contributed by atoms with Crippen LogP contribution in [0.3, 0.4) is 0 Å². The van der Waals surface area contributed by atoms with E-state index in [1.165, 1.54) is 10.5 Å². The standard InChI is InChI=1S/C13H19NOS/c1-8-9(2)16-12-6-5-10(15-4)7-11(12)13(8)14-3/h5-9,13-14H,1-4H3. The zero-order valence-corrected chi connectivity index (χ0v) is 11.1. The maximum Gasteiger partial charge on any atom is 0.119 e. The highest BCUT2D eigenvalue weighted by atomic mass is 32.2. The molecule has 1 N–H and O–H groups in total. The van der Waals surface area contributed by atoms with Gasteiger partial charge in [0, 0.05) is 16.2 Å². The molecule has 0 aliphatic carbocycles. The lowest BCUT2D eigenvalue weighted by molar-refractivity contribution is 0.387. The van der Waals surface area contributed by atoms with Gasteiger partial charge in [0.1, 0.15) is 5.75 Å². The van der Waals surface area contributed by atoms with E-state index in [0.717, 1.165) is 5.75 Å². The number of ether oxygens (including phenoxy) is 1. The molecule has 0 spiro atoms. The van der Waals surface area contributed by atoms with Gasteiger partial charge >= 0.3 is 0 Å². The largest absolute Gasteiger partial charge is 0.497 e. The smallest absolute Gasteiger partial charge is 0.119 e. The first-order valence-electron chi connectivity index (χ1n) is 5.69. The summed E-state index contributed by atoms with van der Waals surface area (Å²) in [5, 5.41) is 4.07. The molecule has 88 valence electrons. The van der Waals surface area contributed by atoms with Crippen molar-refractivity contribution in [3.8, 4) is 5.75 Å². The first-order chi connectivity index (χ1) is 7.67. The van der Waals surface area contributed by atoms with Gasteiger partial charge in [0.25, 0.3) is 0 Å². The van der Waals surface area contributed by atoms with Crippen molar-refractivity contribution in [2.24, 2.45) is 5.92 Å². The average Bonchev–Trinajstić information content (AvgIpc) is 2.30. The lowest BCUT2D eigenvalue weighted by Crippen LogP contribution is -2.32. The van der Waals surface area contributed by atoms with E-state index in [1.54, 1.807) is 7.11 Å². The molecule has 1 aromatic rings. The van der Waals surface area contributed by atoms with Gasteiger partial charge in [-0.3, -0.25) is 0 Å². The summed E-state index contributed by atoms with van der Waals surface area (Å²) < 4.78 is 5.30. The third-order valence-corrected chi connectivity index (χ3v) is 4.87. The Bertz CT molecular complexity index is 380. The molecule has 1 heterocycles. The van der Waals surface area contributed by atoms with Crippen LogP contribution < -0.4 is 10.1 Å². The van der Waals surface area contributed by atoms with Crippen molar-refractivity contribution in [3.63, 3.8) is 0 Å². The molecule has 0 fully saturated rings. The maximum absolute atomic E-state index is 5.30. The summed E-state index contributed by atoms with van der Waals surface area (Å²) in [5.74, 6) is 1.58. The Morgan fingerprint density at radius 2 is 2.06 bits per heavy atom. The maximum atomic E-state index is 5.30. The van der Waals surface area contributed by atoms with Gasteiger partial charge in [-0.05, 0) is 36.7 Å². The summed E-state index contributed by atoms with van der Waals surface area (Å²) in [6.45, 7) is 4.61. The van der Waals surface area contributed by atoms with Crippen LogP contribution in [-0.4, -0.2) is 19.4 Å². The van der Waals surface area contributed by atoms with Crippen LogP contribution >= 0.6 is 11.8 Å². The van der Waals surface area contributed by atoms with Crippen molar-refractivity contribution < 1.29 is 4.74 Å². The fraction of sp³-hybridized carbons (Fsp3) is 0.538. The van der Waals surface area contributed by atoms with Crippen LogP contribution in [0, 0.1) is 5.92 Å². The molecule has 0 saturated heterocycles. The normalized spacial score (nSPS) is 28.6. The van der Waals surface area contributed by atoms with Crippen molar-refractivity contribution in [1.82, 2.24) is 5.32 Å². The van der Waals surface area contributed by atoms with Crippen molar-refractivity contribution in [3.05, 3.63) is 23.8 Å². The minimum Gasteiger partial charge on any atom is -0.497 e. The van der Waals surface area contributed by atoms with E-state index in [1.807, 2.05) is 24.9 Å². The molecule has 3 atom stereocenters. The number of hydrogen-bond acceptors (Lipinski definition) is 3. The molecule has 1 aliphatic heterocycles. The van der Waals surface area contributed by atoms with E-state index >= 15 is 0 Å². The summed E-state index contributed by atoms with van der Waals surface area (Å²) in [5.41, 5.74) is 1.37. The Balaban J connectivity index is 2.43. The monoisotopic (exact) mass is 237 g/mol. The molecular formula is C13H19NOS. The molecule has 16 heavy (non-hydrogen) atoms. The Morgan fingerprint density at radius 1 is 1.31 bits per heavy atom. The van der Waals surface area contributed by atoms with Crippen LogP contribution in [0.4, 0.5) is 0 Å². The second-order valence-corrected chi connectivity index (χ2v) is 5.77. The van der Waals surface area contributed by atoms with E-state index < -0.39 is 0 Å². The first kappa shape index (κ1) is 11.8. The van der Waals surface area contributed by atoms with Crippen molar-refractivity contribution in [1.29, 1.82) is 0 Å². The predicted octanol–water partition coefficient (Wildman–Crippen LogP) is 3.09. The third kappa shape index (κ3) is 1.94. The molecular weight excluding hydrogens is 218 g/mol. The lowest BCUT2D eigenvalue weighted by Gasteiger charge is -2.35. The molecule has 1 aliphatic rings. The SMILES string of the molecule is CNC1c2cc(OC)ccc2SC(C)C1C. The second-order valence-electron chi connectivity index (χ2n) is 4.35. The molecule has 0 saturated carbocycles. The highest BCUT2D eigenvalue weighted by Gasteiger charge is 2.31. The number of rotatable bonds is 2. The van der Waals surface area contributed by atoms with Gasteiger partial charge in [-0.2, -0.15) is 0 Å². The van der Waals surface area contributed by atoms with Crippen LogP contribution in [0.15, 0.2) is 23.1 Å². The fourth-order valence-corrected chi connectivity index (χ4v) is 3.53. The van der Waals surface area contributed by atoms with Crippen LogP contribution in [0.1, 0.15) is 25.5 Å². The van der Waals surface area contributed by atoms with Gasteiger partial charge in [0.2, 0.25) is 0 Å². The Kier molecular flexibility index (Phi) is 3.45. The highest BCUT2D eigenvalue weighted by Crippen LogP contribution is 2.44. The Hall–Kier alpha value is -0.670. The minimum atomic E-state index is 0.432. The van der Waals surface area contributed by atoms with E-state index in [2.05, 4.69) is 31.3 Å². The summed E-state index contributed by atoms with van der Waals surface area (Å²) in [6.07, 6.45) is 0. The average molecular weight is 237 g/mol. The second kappa shape index (κ2) is 4.68. The van der Waals surface area contributed by atoms with Gasteiger partial charge in [-0.15, -0.1) is 11.8 Å². The number of nitrogens with one attached hydrogen (secondary N) is 1. The van der Waals surface area contributed by atoms with E-state index in [0.29, 0.717) is 17.2 Å². The molecule has 3 unspecified atom stereocenters. The molecule has 1 aromatic carbocycles. The van der Waals surface area contributed by atoms with Crippen LogP contribution in [0.25, 0.3) is 0 Å². The molecule has 0 amide bonds. The summed E-state index contributed by atoms with van der Waals surface area (Å²) in [4.78, 5) is 1.38. The Labute approximate surface area is 102 Å². The quantitative estimate of drug-likeness (QED) is 0.854. The van der Waals surface area contributed by atoms with Crippen LogP contribution in [-0.2, 0) is 0 Å². The number of hydrogen-bond donors (Lipinski definition) is 1. The van der Waals surface area contributed by atoms with Crippen molar-refractivity contribution >= 4 is 11.8 Å². The van der Waals surface area contributed by atoms with Gasteiger partial charge in [-0.25, -0.2) is 0 Å². The molecule has 2 nitrogen and oxygen atoms in total. The van der Waals surface area contributed by atoms with Crippen LogP contribution in [0.5, 0.6) is 5.75 Å². The van der Waals surface area contributed by atoms with E-state index in [4.69, 9.17) is 4.74 Å². The van der Waals surface area contributed by atoms with E-state index in [9.17, 15) is 0 Å². The first-order valence-corrected chi connectivity index (χ1v) is 6.57. The molecule has 3 heteroatoms. The molecule has 0 radical (unpaired) electrons. The van der Waals surface area contributed by atoms with Crippen molar-refractivity contribution in [2.75, 3.05) is 14.2 Å². The number of thioether (sulfide) groups is 1. The molecule has 0 aromatic heterocycles. The predicted molar refractivity (Wildman–Crippen MR) is 69.3 cm³/mol. The Morgan fingerprint density at radius 3 is 2.69 bits per heavy atom. The molecule has 2 rings (SSSR count). The lowest BCUT2D eigenvalue weighted by atomic mass is 9.91. The molecule has 0 bridgehead atoms. The topological polar surface area (TPSA) is 21.3 Å². The summed E-state index contributed by atoms with van der Waals surface area (Å²) in [7, 11) is 3.76. The third-order valence-electron chi connectivity index (χ3n) is 3.44. The number of methoxy groups -OCH3 is 1. The van der Waals surface area contributed by atoms with Gasteiger partial charge in [0.15, 0.2) is 0 Å². The summed E-state index contributed by atoms with van der Waals surface area (Å²) >= 11 is 1.96. The van der Waals surface area contributed by atoms with Gasteiger partial charge in [0.05, 0.1) is 7.11 Å². The van der Waals surface area contributed by atoms with Gasteiger partial charge in [-0.1, -0.05) is 13.8 Å².